The highest BCUT2D eigenvalue weighted by Gasteiger charge is 2.20. The van der Waals surface area contributed by atoms with E-state index in [1.165, 1.54) is 353 Å². The van der Waals surface area contributed by atoms with E-state index >= 15 is 0 Å². The first-order chi connectivity index (χ1) is 39.5. The molecule has 0 bridgehead atoms. The van der Waals surface area contributed by atoms with Crippen molar-refractivity contribution in [2.45, 2.75) is 437 Å². The molecule has 0 aromatic carbocycles. The lowest BCUT2D eigenvalue weighted by atomic mass is 10.0. The van der Waals surface area contributed by atoms with Crippen molar-refractivity contribution < 1.29 is 24.5 Å². The third-order valence-electron chi connectivity index (χ3n) is 17.6. The zero-order valence-corrected chi connectivity index (χ0v) is 54.6. The summed E-state index contributed by atoms with van der Waals surface area (Å²) in [7, 11) is 0. The molecular formula is C74H145NO5. The summed E-state index contributed by atoms with van der Waals surface area (Å²) in [5, 5.41) is 23.3. The van der Waals surface area contributed by atoms with Crippen LogP contribution in [0, 0.1) is 0 Å². The van der Waals surface area contributed by atoms with Gasteiger partial charge in [0.15, 0.2) is 0 Å². The molecule has 0 fully saturated rings. The molecule has 0 saturated carbocycles. The van der Waals surface area contributed by atoms with E-state index in [4.69, 9.17) is 4.74 Å². The number of rotatable bonds is 70. The largest absolute Gasteiger partial charge is 0.466 e. The predicted molar refractivity (Wildman–Crippen MR) is 352 cm³/mol. The van der Waals surface area contributed by atoms with Crippen LogP contribution in [-0.4, -0.2) is 47.4 Å². The Bertz CT molecular complexity index is 1210. The van der Waals surface area contributed by atoms with Crippen LogP contribution in [0.3, 0.4) is 0 Å². The van der Waals surface area contributed by atoms with Crippen molar-refractivity contribution in [3.8, 4) is 0 Å². The third kappa shape index (κ3) is 65.7. The smallest absolute Gasteiger partial charge is 0.305 e. The second kappa shape index (κ2) is 70.1. The number of amides is 1. The fraction of sp³-hybridized carbons (Fsp3) is 0.946. The summed E-state index contributed by atoms with van der Waals surface area (Å²) >= 11 is 0. The van der Waals surface area contributed by atoms with Crippen molar-refractivity contribution in [3.05, 3.63) is 12.2 Å². The molecule has 1 amide bonds. The van der Waals surface area contributed by atoms with E-state index in [9.17, 15) is 19.8 Å². The van der Waals surface area contributed by atoms with E-state index < -0.39 is 12.1 Å². The number of hydrogen-bond acceptors (Lipinski definition) is 5. The Kier molecular flexibility index (Phi) is 68.9. The maximum atomic E-state index is 12.5. The van der Waals surface area contributed by atoms with Gasteiger partial charge in [0, 0.05) is 12.8 Å². The molecule has 0 spiro atoms. The minimum atomic E-state index is -0.661. The van der Waals surface area contributed by atoms with Crippen molar-refractivity contribution in [2.24, 2.45) is 0 Å². The van der Waals surface area contributed by atoms with Gasteiger partial charge in [-0.3, -0.25) is 9.59 Å². The zero-order valence-electron chi connectivity index (χ0n) is 54.6. The molecule has 0 aliphatic rings. The lowest BCUT2D eigenvalue weighted by molar-refractivity contribution is -0.143. The molecule has 0 saturated heterocycles. The first-order valence-electron chi connectivity index (χ1n) is 36.9. The van der Waals surface area contributed by atoms with Crippen molar-refractivity contribution in [2.75, 3.05) is 13.2 Å². The van der Waals surface area contributed by atoms with Gasteiger partial charge in [-0.25, -0.2) is 0 Å². The van der Waals surface area contributed by atoms with Crippen LogP contribution >= 0.6 is 0 Å². The molecule has 476 valence electrons. The molecule has 0 aromatic heterocycles. The standard InChI is InChI=1S/C74H145NO5/c1-3-5-7-9-11-13-15-17-18-19-37-40-44-48-52-56-60-64-68-74(79)80-69-65-61-57-53-49-45-41-38-35-33-31-29-27-25-23-21-20-22-24-26-28-30-32-34-36-39-43-47-51-55-59-63-67-73(78)75-71(70-76)72(77)66-62-58-54-50-46-42-16-14-12-10-8-6-4-2/h23,25,71-72,76-77H,3-22,24,26-70H2,1-2H3,(H,75,78)/b25-23-. The van der Waals surface area contributed by atoms with Gasteiger partial charge < -0.3 is 20.3 Å². The summed E-state index contributed by atoms with van der Waals surface area (Å²) in [4.78, 5) is 24.6. The molecule has 3 N–H and O–H groups in total. The number of carbonyl (C=O) groups is 2. The Morgan fingerprint density at radius 1 is 0.338 bits per heavy atom. The molecule has 2 unspecified atom stereocenters. The normalized spacial score (nSPS) is 12.5. The molecule has 0 aliphatic heterocycles. The summed E-state index contributed by atoms with van der Waals surface area (Å²) in [5.74, 6) is -0.00609. The third-order valence-corrected chi connectivity index (χ3v) is 17.6. The van der Waals surface area contributed by atoms with Gasteiger partial charge in [0.2, 0.25) is 5.91 Å². The number of ether oxygens (including phenoxy) is 1. The zero-order chi connectivity index (χ0) is 57.8. The Balaban J connectivity index is 3.32. The summed E-state index contributed by atoms with van der Waals surface area (Å²) in [6.07, 6.45) is 87.1. The molecule has 80 heavy (non-hydrogen) atoms. The van der Waals surface area contributed by atoms with Crippen LogP contribution in [0.2, 0.25) is 0 Å². The topological polar surface area (TPSA) is 95.9 Å². The van der Waals surface area contributed by atoms with Crippen molar-refractivity contribution in [3.63, 3.8) is 0 Å². The van der Waals surface area contributed by atoms with Gasteiger partial charge in [0.25, 0.3) is 0 Å². The average Bonchev–Trinajstić information content (AvgIpc) is 3.46. The lowest BCUT2D eigenvalue weighted by Gasteiger charge is -2.22. The van der Waals surface area contributed by atoms with Gasteiger partial charge in [0.1, 0.15) is 0 Å². The molecule has 2 atom stereocenters. The SMILES string of the molecule is CCCCCCCCCCCCCCCCCCCCC(=O)OCCCCCCCCCCCCCC/C=C\CCCCCCCCCCCCCCCCCCC(=O)NC(CO)C(O)CCCCCCCCCCCCCCC. The van der Waals surface area contributed by atoms with Gasteiger partial charge in [0.05, 0.1) is 25.4 Å². The number of nitrogens with one attached hydrogen (secondary N) is 1. The quantitative estimate of drug-likeness (QED) is 0.0320. The van der Waals surface area contributed by atoms with Crippen molar-refractivity contribution in [1.82, 2.24) is 5.32 Å². The Morgan fingerprint density at radius 3 is 0.887 bits per heavy atom. The Labute approximate surface area is 501 Å². The van der Waals surface area contributed by atoms with Gasteiger partial charge >= 0.3 is 5.97 Å². The van der Waals surface area contributed by atoms with Crippen LogP contribution in [0.15, 0.2) is 12.2 Å². The summed E-state index contributed by atoms with van der Waals surface area (Å²) in [6, 6.07) is -0.538. The van der Waals surface area contributed by atoms with Crippen LogP contribution in [0.1, 0.15) is 425 Å². The van der Waals surface area contributed by atoms with E-state index in [2.05, 4.69) is 31.3 Å². The molecule has 0 rings (SSSR count). The van der Waals surface area contributed by atoms with E-state index in [-0.39, 0.29) is 18.5 Å². The first kappa shape index (κ1) is 78.6. The van der Waals surface area contributed by atoms with Crippen LogP contribution < -0.4 is 5.32 Å². The molecular weight excluding hydrogens is 983 g/mol. The molecule has 6 heteroatoms. The monoisotopic (exact) mass is 1130 g/mol. The van der Waals surface area contributed by atoms with Crippen LogP contribution in [0.4, 0.5) is 0 Å². The van der Waals surface area contributed by atoms with Crippen LogP contribution in [-0.2, 0) is 14.3 Å². The Morgan fingerprint density at radius 2 is 0.588 bits per heavy atom. The first-order valence-corrected chi connectivity index (χ1v) is 36.9. The summed E-state index contributed by atoms with van der Waals surface area (Å²) < 4.78 is 5.51. The van der Waals surface area contributed by atoms with Crippen LogP contribution in [0.25, 0.3) is 0 Å². The van der Waals surface area contributed by atoms with E-state index in [1.54, 1.807) is 0 Å². The highest BCUT2D eigenvalue weighted by atomic mass is 16.5. The average molecular weight is 1130 g/mol. The highest BCUT2D eigenvalue weighted by Crippen LogP contribution is 2.19. The number of aliphatic hydroxyl groups excluding tert-OH is 2. The van der Waals surface area contributed by atoms with E-state index in [0.717, 1.165) is 38.5 Å². The fourth-order valence-corrected chi connectivity index (χ4v) is 11.9. The number of carbonyl (C=O) groups excluding carboxylic acids is 2. The van der Waals surface area contributed by atoms with Crippen molar-refractivity contribution in [1.29, 1.82) is 0 Å². The second-order valence-corrected chi connectivity index (χ2v) is 25.6. The Hall–Kier alpha value is -1.40. The summed E-state index contributed by atoms with van der Waals surface area (Å²) in [6.45, 7) is 5.00. The number of unbranched alkanes of at least 4 members (excludes halogenated alkanes) is 57. The van der Waals surface area contributed by atoms with E-state index in [0.29, 0.717) is 25.9 Å². The highest BCUT2D eigenvalue weighted by molar-refractivity contribution is 5.76. The molecule has 0 heterocycles. The fourth-order valence-electron chi connectivity index (χ4n) is 11.9. The number of esters is 1. The van der Waals surface area contributed by atoms with Gasteiger partial charge in [-0.15, -0.1) is 0 Å². The number of hydrogen-bond donors (Lipinski definition) is 3. The van der Waals surface area contributed by atoms with Gasteiger partial charge in [-0.05, 0) is 51.4 Å². The predicted octanol–water partition coefficient (Wildman–Crippen LogP) is 23.9. The molecule has 0 aromatic rings. The number of allylic oxidation sites excluding steroid dienone is 2. The lowest BCUT2D eigenvalue weighted by Crippen LogP contribution is -2.45. The van der Waals surface area contributed by atoms with Gasteiger partial charge in [-0.1, -0.05) is 373 Å². The summed E-state index contributed by atoms with van der Waals surface area (Å²) in [5.41, 5.74) is 0. The van der Waals surface area contributed by atoms with Gasteiger partial charge in [-0.2, -0.15) is 0 Å². The minimum absolute atomic E-state index is 0.0236. The second-order valence-electron chi connectivity index (χ2n) is 25.6. The molecule has 0 aliphatic carbocycles. The maximum absolute atomic E-state index is 12.5. The number of aliphatic hydroxyl groups is 2. The minimum Gasteiger partial charge on any atom is -0.466 e. The van der Waals surface area contributed by atoms with Crippen molar-refractivity contribution >= 4 is 11.9 Å². The van der Waals surface area contributed by atoms with E-state index in [1.807, 2.05) is 0 Å². The molecule has 0 radical (unpaired) electrons. The van der Waals surface area contributed by atoms with Crippen LogP contribution in [0.5, 0.6) is 0 Å². The molecule has 6 nitrogen and oxygen atoms in total. The maximum Gasteiger partial charge on any atom is 0.305 e.